The molecule has 0 aliphatic rings. The van der Waals surface area contributed by atoms with Crippen LogP contribution in [0.2, 0.25) is 0 Å². The number of hydrogen-bond donors (Lipinski definition) is 1. The first-order valence-electron chi connectivity index (χ1n) is 5.28. The predicted octanol–water partition coefficient (Wildman–Crippen LogP) is 3.21. The molecule has 0 unspecified atom stereocenters. The molecule has 0 aliphatic heterocycles. The molecule has 0 radical (unpaired) electrons. The number of anilines is 1. The molecule has 0 atom stereocenters. The lowest BCUT2D eigenvalue weighted by Crippen LogP contribution is -2.25. The Morgan fingerprint density at radius 2 is 2.06 bits per heavy atom. The minimum Gasteiger partial charge on any atom is -0.491 e. The van der Waals surface area contributed by atoms with Crippen molar-refractivity contribution < 1.29 is 13.9 Å². The van der Waals surface area contributed by atoms with E-state index in [4.69, 9.17) is 15.2 Å². The van der Waals surface area contributed by atoms with E-state index in [1.165, 1.54) is 6.07 Å². The van der Waals surface area contributed by atoms with Gasteiger partial charge in [0, 0.05) is 19.6 Å². The first-order valence-corrected chi connectivity index (χ1v) is 6.36. The van der Waals surface area contributed by atoms with Crippen molar-refractivity contribution in [2.75, 3.05) is 19.5 Å². The molecule has 3 nitrogen and oxygen atoms in total. The molecular weight excluding hydrogens is 336 g/mol. The van der Waals surface area contributed by atoms with Crippen LogP contribution in [0.5, 0.6) is 5.75 Å². The Morgan fingerprint density at radius 3 is 2.65 bits per heavy atom. The van der Waals surface area contributed by atoms with Gasteiger partial charge in [0.1, 0.15) is 11.6 Å². The summed E-state index contributed by atoms with van der Waals surface area (Å²) in [6, 6.07) is 2.88. The second kappa shape index (κ2) is 5.86. The average molecular weight is 353 g/mol. The summed E-state index contributed by atoms with van der Waals surface area (Å²) in [6.07, 6.45) is 0.705. The number of halogens is 2. The number of nitrogen functional groups attached to an aromatic ring is 1. The Kier molecular flexibility index (Phi) is 5.00. The second-order valence-corrected chi connectivity index (χ2v) is 5.53. The van der Waals surface area contributed by atoms with E-state index >= 15 is 0 Å². The zero-order valence-electron chi connectivity index (χ0n) is 10.2. The monoisotopic (exact) mass is 353 g/mol. The molecule has 1 aromatic carbocycles. The van der Waals surface area contributed by atoms with Gasteiger partial charge in [-0.15, -0.1) is 0 Å². The second-order valence-electron chi connectivity index (χ2n) is 4.37. The highest BCUT2D eigenvalue weighted by Gasteiger charge is 2.16. The van der Waals surface area contributed by atoms with Crippen LogP contribution < -0.4 is 10.5 Å². The summed E-state index contributed by atoms with van der Waals surface area (Å²) >= 11 is 1.89. The molecule has 0 spiro atoms. The van der Waals surface area contributed by atoms with Crippen molar-refractivity contribution in [3.63, 3.8) is 0 Å². The van der Waals surface area contributed by atoms with Gasteiger partial charge in [-0.2, -0.15) is 0 Å². The maximum absolute atomic E-state index is 13.3. The standard InChI is InChI=1S/C12H17FINO2/c1-12(2,16-3)4-5-17-11-6-8(13)9(14)7-10(11)15/h6-7H,4-5,15H2,1-3H3. The van der Waals surface area contributed by atoms with E-state index in [1.807, 2.05) is 36.4 Å². The summed E-state index contributed by atoms with van der Waals surface area (Å²) in [6.45, 7) is 4.37. The zero-order chi connectivity index (χ0) is 13.1. The molecule has 0 aromatic heterocycles. The lowest BCUT2D eigenvalue weighted by molar-refractivity contribution is 0.00549. The Bertz CT molecular complexity index is 396. The van der Waals surface area contributed by atoms with Crippen LogP contribution in [0.3, 0.4) is 0 Å². The minimum atomic E-state index is -0.319. The average Bonchev–Trinajstić information content (AvgIpc) is 2.25. The number of rotatable bonds is 5. The van der Waals surface area contributed by atoms with Crippen molar-refractivity contribution >= 4 is 28.3 Å². The van der Waals surface area contributed by atoms with Crippen LogP contribution in [0.25, 0.3) is 0 Å². The third-order valence-electron chi connectivity index (χ3n) is 2.57. The van der Waals surface area contributed by atoms with Gasteiger partial charge in [0.2, 0.25) is 0 Å². The van der Waals surface area contributed by atoms with Crippen LogP contribution in [-0.2, 0) is 4.74 Å². The molecule has 2 N–H and O–H groups in total. The fourth-order valence-corrected chi connectivity index (χ4v) is 1.67. The first-order chi connectivity index (χ1) is 7.85. The Morgan fingerprint density at radius 1 is 1.41 bits per heavy atom. The number of benzene rings is 1. The van der Waals surface area contributed by atoms with E-state index < -0.39 is 0 Å². The molecule has 0 fully saturated rings. The summed E-state index contributed by atoms with van der Waals surface area (Å²) in [7, 11) is 1.65. The van der Waals surface area contributed by atoms with Crippen molar-refractivity contribution in [2.24, 2.45) is 0 Å². The lowest BCUT2D eigenvalue weighted by Gasteiger charge is -2.22. The molecule has 17 heavy (non-hydrogen) atoms. The van der Waals surface area contributed by atoms with Gasteiger partial charge in [0.25, 0.3) is 0 Å². The van der Waals surface area contributed by atoms with Gasteiger partial charge < -0.3 is 15.2 Å². The van der Waals surface area contributed by atoms with Crippen LogP contribution in [0.4, 0.5) is 10.1 Å². The third kappa shape index (κ3) is 4.31. The van der Waals surface area contributed by atoms with Crippen molar-refractivity contribution in [3.05, 3.63) is 21.5 Å². The van der Waals surface area contributed by atoms with E-state index in [0.29, 0.717) is 28.0 Å². The molecule has 0 heterocycles. The summed E-state index contributed by atoms with van der Waals surface area (Å²) in [5, 5.41) is 0. The highest BCUT2D eigenvalue weighted by atomic mass is 127. The van der Waals surface area contributed by atoms with E-state index in [1.54, 1.807) is 13.2 Å². The van der Waals surface area contributed by atoms with E-state index in [2.05, 4.69) is 0 Å². The van der Waals surface area contributed by atoms with E-state index in [0.717, 1.165) is 0 Å². The summed E-state index contributed by atoms with van der Waals surface area (Å²) in [5.74, 6) is 0.0654. The Hall–Kier alpha value is -0.560. The quantitative estimate of drug-likeness (QED) is 0.653. The van der Waals surface area contributed by atoms with Crippen molar-refractivity contribution in [1.82, 2.24) is 0 Å². The number of ether oxygens (including phenoxy) is 2. The van der Waals surface area contributed by atoms with Gasteiger partial charge in [-0.05, 0) is 42.5 Å². The topological polar surface area (TPSA) is 44.5 Å². The third-order valence-corrected chi connectivity index (χ3v) is 3.39. The highest BCUT2D eigenvalue weighted by molar-refractivity contribution is 14.1. The molecule has 0 saturated heterocycles. The first kappa shape index (κ1) is 14.5. The zero-order valence-corrected chi connectivity index (χ0v) is 12.4. The molecule has 0 amide bonds. The summed E-state index contributed by atoms with van der Waals surface area (Å²) < 4.78 is 24.5. The minimum absolute atomic E-state index is 0.253. The molecule has 96 valence electrons. The van der Waals surface area contributed by atoms with E-state index in [-0.39, 0.29) is 11.4 Å². The van der Waals surface area contributed by atoms with Crippen LogP contribution in [0, 0.1) is 9.39 Å². The van der Waals surface area contributed by atoms with Crippen LogP contribution >= 0.6 is 22.6 Å². The van der Waals surface area contributed by atoms with Gasteiger partial charge in [-0.25, -0.2) is 4.39 Å². The van der Waals surface area contributed by atoms with Gasteiger partial charge in [-0.3, -0.25) is 0 Å². The molecular formula is C12H17FINO2. The smallest absolute Gasteiger partial charge is 0.145 e. The molecule has 0 saturated carbocycles. The van der Waals surface area contributed by atoms with Crippen molar-refractivity contribution in [3.8, 4) is 5.75 Å². The fourth-order valence-electron chi connectivity index (χ4n) is 1.18. The number of hydrogen-bond acceptors (Lipinski definition) is 3. The van der Waals surface area contributed by atoms with E-state index in [9.17, 15) is 4.39 Å². The normalized spacial score (nSPS) is 11.6. The fraction of sp³-hybridized carbons (Fsp3) is 0.500. The maximum Gasteiger partial charge on any atom is 0.145 e. The molecule has 1 rings (SSSR count). The molecule has 5 heteroatoms. The maximum atomic E-state index is 13.3. The highest BCUT2D eigenvalue weighted by Crippen LogP contribution is 2.26. The Balaban J connectivity index is 2.61. The van der Waals surface area contributed by atoms with Gasteiger partial charge in [0.05, 0.1) is 21.5 Å². The molecule has 0 bridgehead atoms. The van der Waals surface area contributed by atoms with Crippen LogP contribution in [0.15, 0.2) is 12.1 Å². The van der Waals surface area contributed by atoms with Crippen molar-refractivity contribution in [1.29, 1.82) is 0 Å². The largest absolute Gasteiger partial charge is 0.491 e. The summed E-state index contributed by atoms with van der Waals surface area (Å²) in [4.78, 5) is 0. The lowest BCUT2D eigenvalue weighted by atomic mass is 10.1. The molecule has 0 aliphatic carbocycles. The SMILES string of the molecule is COC(C)(C)CCOc1cc(F)c(I)cc1N. The van der Waals surface area contributed by atoms with Gasteiger partial charge in [0.15, 0.2) is 0 Å². The van der Waals surface area contributed by atoms with Gasteiger partial charge in [-0.1, -0.05) is 0 Å². The van der Waals surface area contributed by atoms with Crippen LogP contribution in [0.1, 0.15) is 20.3 Å². The number of methoxy groups -OCH3 is 1. The molecule has 1 aromatic rings. The number of nitrogens with two attached hydrogens (primary N) is 1. The van der Waals surface area contributed by atoms with Crippen molar-refractivity contribution in [2.45, 2.75) is 25.9 Å². The predicted molar refractivity (Wildman–Crippen MR) is 74.7 cm³/mol. The Labute approximate surface area is 115 Å². The summed E-state index contributed by atoms with van der Waals surface area (Å²) in [5.41, 5.74) is 5.94. The van der Waals surface area contributed by atoms with Gasteiger partial charge >= 0.3 is 0 Å². The van der Waals surface area contributed by atoms with Crippen LogP contribution in [-0.4, -0.2) is 19.3 Å².